The van der Waals surface area contributed by atoms with Gasteiger partial charge in [-0.25, -0.2) is 4.98 Å². The third-order valence-corrected chi connectivity index (χ3v) is 3.78. The van der Waals surface area contributed by atoms with Crippen LogP contribution < -0.4 is 10.1 Å². The Hall–Kier alpha value is -0.910. The molecule has 0 bridgehead atoms. The molecule has 0 aliphatic carbocycles. The molecule has 96 valence electrons. The Balaban J connectivity index is 1.96. The second kappa shape index (κ2) is 6.87. The Bertz CT molecular complexity index is 488. The zero-order chi connectivity index (χ0) is 12.8. The van der Waals surface area contributed by atoms with E-state index in [1.807, 2.05) is 11.4 Å². The van der Waals surface area contributed by atoms with Gasteiger partial charge < -0.3 is 10.1 Å². The Morgan fingerprint density at radius 2 is 2.33 bits per heavy atom. The number of nitrogens with zero attached hydrogens (tertiary/aromatic N) is 1. The molecule has 2 aromatic rings. The summed E-state index contributed by atoms with van der Waals surface area (Å²) in [6.45, 7) is 4.46. The van der Waals surface area contributed by atoms with Crippen LogP contribution in [0, 0.1) is 0 Å². The molecule has 0 saturated carbocycles. The molecule has 1 aromatic heterocycles. The van der Waals surface area contributed by atoms with E-state index in [9.17, 15) is 0 Å². The van der Waals surface area contributed by atoms with Gasteiger partial charge in [-0.05, 0) is 40.2 Å². The van der Waals surface area contributed by atoms with Gasteiger partial charge in [-0.15, -0.1) is 11.3 Å². The molecule has 0 saturated heterocycles. The smallest absolute Gasteiger partial charge is 0.140 e. The standard InChI is InChI=1S/C13H15BrN2OS/c1-2-15-8-10-3-4-12(11(14)7-10)17-9-13-16-5-6-18-13/h3-7,15H,2,8-9H2,1H3. The SMILES string of the molecule is CCNCc1ccc(OCc2nccs2)c(Br)c1. The molecule has 1 N–H and O–H groups in total. The highest BCUT2D eigenvalue weighted by Gasteiger charge is 2.04. The normalized spacial score (nSPS) is 10.6. The van der Waals surface area contributed by atoms with Crippen LogP contribution in [0.5, 0.6) is 5.75 Å². The fourth-order valence-electron chi connectivity index (χ4n) is 1.50. The van der Waals surface area contributed by atoms with Gasteiger partial charge in [0.25, 0.3) is 0 Å². The zero-order valence-electron chi connectivity index (χ0n) is 10.1. The molecule has 0 amide bonds. The first-order chi connectivity index (χ1) is 8.79. The van der Waals surface area contributed by atoms with Crippen molar-refractivity contribution in [1.29, 1.82) is 0 Å². The predicted octanol–water partition coefficient (Wildman–Crippen LogP) is 3.59. The number of ether oxygens (including phenoxy) is 1. The molecular formula is C13H15BrN2OS. The topological polar surface area (TPSA) is 34.1 Å². The quantitative estimate of drug-likeness (QED) is 0.880. The van der Waals surface area contributed by atoms with Crippen molar-refractivity contribution in [3.63, 3.8) is 0 Å². The molecule has 0 atom stereocenters. The van der Waals surface area contributed by atoms with Gasteiger partial charge in [0, 0.05) is 18.1 Å². The first-order valence-electron chi connectivity index (χ1n) is 5.80. The van der Waals surface area contributed by atoms with Crippen LogP contribution >= 0.6 is 27.3 Å². The molecule has 0 aliphatic rings. The van der Waals surface area contributed by atoms with Crippen molar-refractivity contribution in [2.75, 3.05) is 6.54 Å². The minimum absolute atomic E-state index is 0.517. The van der Waals surface area contributed by atoms with Crippen molar-refractivity contribution in [1.82, 2.24) is 10.3 Å². The van der Waals surface area contributed by atoms with Crippen LogP contribution in [0.4, 0.5) is 0 Å². The third kappa shape index (κ3) is 3.80. The van der Waals surface area contributed by atoms with E-state index in [2.05, 4.69) is 45.3 Å². The fourth-order valence-corrected chi connectivity index (χ4v) is 2.57. The van der Waals surface area contributed by atoms with Crippen molar-refractivity contribution in [3.05, 3.63) is 44.8 Å². The highest BCUT2D eigenvalue weighted by molar-refractivity contribution is 9.10. The summed E-state index contributed by atoms with van der Waals surface area (Å²) < 4.78 is 6.70. The Morgan fingerprint density at radius 3 is 3.00 bits per heavy atom. The van der Waals surface area contributed by atoms with E-state index in [0.29, 0.717) is 6.61 Å². The van der Waals surface area contributed by atoms with Gasteiger partial charge in [0.2, 0.25) is 0 Å². The number of hydrogen-bond donors (Lipinski definition) is 1. The largest absolute Gasteiger partial charge is 0.485 e. The highest BCUT2D eigenvalue weighted by atomic mass is 79.9. The third-order valence-electron chi connectivity index (χ3n) is 2.41. The predicted molar refractivity (Wildman–Crippen MR) is 78.0 cm³/mol. The zero-order valence-corrected chi connectivity index (χ0v) is 12.6. The molecule has 0 unspecified atom stereocenters. The molecule has 3 nitrogen and oxygen atoms in total. The van der Waals surface area contributed by atoms with Gasteiger partial charge in [-0.2, -0.15) is 0 Å². The number of thiazole rings is 1. The number of halogens is 1. The maximum Gasteiger partial charge on any atom is 0.140 e. The average molecular weight is 327 g/mol. The number of nitrogens with one attached hydrogen (secondary N) is 1. The summed E-state index contributed by atoms with van der Waals surface area (Å²) in [5.41, 5.74) is 1.24. The minimum Gasteiger partial charge on any atom is -0.485 e. The molecule has 1 heterocycles. The minimum atomic E-state index is 0.517. The van der Waals surface area contributed by atoms with Crippen molar-refractivity contribution in [2.24, 2.45) is 0 Å². The van der Waals surface area contributed by atoms with Gasteiger partial charge in [0.05, 0.1) is 4.47 Å². The van der Waals surface area contributed by atoms with Gasteiger partial charge >= 0.3 is 0 Å². The molecule has 0 spiro atoms. The summed E-state index contributed by atoms with van der Waals surface area (Å²) in [6.07, 6.45) is 1.79. The molecule has 0 radical (unpaired) electrons. The number of rotatable bonds is 6. The van der Waals surface area contributed by atoms with Crippen molar-refractivity contribution >= 4 is 27.3 Å². The first-order valence-corrected chi connectivity index (χ1v) is 7.47. The fraction of sp³-hybridized carbons (Fsp3) is 0.308. The van der Waals surface area contributed by atoms with Crippen LogP contribution in [0.3, 0.4) is 0 Å². The lowest BCUT2D eigenvalue weighted by atomic mass is 10.2. The van der Waals surface area contributed by atoms with Crippen molar-refractivity contribution in [2.45, 2.75) is 20.1 Å². The van der Waals surface area contributed by atoms with E-state index >= 15 is 0 Å². The van der Waals surface area contributed by atoms with E-state index in [4.69, 9.17) is 4.74 Å². The number of hydrogen-bond acceptors (Lipinski definition) is 4. The average Bonchev–Trinajstić information content (AvgIpc) is 2.88. The maximum absolute atomic E-state index is 5.72. The van der Waals surface area contributed by atoms with E-state index in [-0.39, 0.29) is 0 Å². The van der Waals surface area contributed by atoms with Crippen LogP contribution in [0.15, 0.2) is 34.2 Å². The summed E-state index contributed by atoms with van der Waals surface area (Å²) in [5, 5.41) is 6.23. The molecular weight excluding hydrogens is 312 g/mol. The summed E-state index contributed by atoms with van der Waals surface area (Å²) >= 11 is 5.13. The molecule has 0 fully saturated rings. The van der Waals surface area contributed by atoms with E-state index in [1.54, 1.807) is 17.5 Å². The van der Waals surface area contributed by atoms with Crippen LogP contribution in [0.25, 0.3) is 0 Å². The van der Waals surface area contributed by atoms with Crippen LogP contribution in [0.2, 0.25) is 0 Å². The van der Waals surface area contributed by atoms with Crippen molar-refractivity contribution in [3.8, 4) is 5.75 Å². The Kier molecular flexibility index (Phi) is 5.16. The molecule has 2 rings (SSSR count). The second-order valence-corrected chi connectivity index (χ2v) is 5.59. The Morgan fingerprint density at radius 1 is 1.44 bits per heavy atom. The molecule has 0 aliphatic heterocycles. The van der Waals surface area contributed by atoms with Crippen molar-refractivity contribution < 1.29 is 4.74 Å². The van der Waals surface area contributed by atoms with Gasteiger partial charge in [0.1, 0.15) is 17.4 Å². The van der Waals surface area contributed by atoms with E-state index in [0.717, 1.165) is 28.3 Å². The number of aromatic nitrogens is 1. The summed E-state index contributed by atoms with van der Waals surface area (Å²) in [6, 6.07) is 6.15. The lowest BCUT2D eigenvalue weighted by Crippen LogP contribution is -2.11. The maximum atomic E-state index is 5.72. The monoisotopic (exact) mass is 326 g/mol. The lowest BCUT2D eigenvalue weighted by Gasteiger charge is -2.09. The van der Waals surface area contributed by atoms with Gasteiger partial charge in [0.15, 0.2) is 0 Å². The van der Waals surface area contributed by atoms with Gasteiger partial charge in [-0.3, -0.25) is 0 Å². The second-order valence-electron chi connectivity index (χ2n) is 3.76. The summed E-state index contributed by atoms with van der Waals surface area (Å²) in [5.74, 6) is 0.852. The van der Waals surface area contributed by atoms with Crippen LogP contribution in [0.1, 0.15) is 17.5 Å². The highest BCUT2D eigenvalue weighted by Crippen LogP contribution is 2.27. The Labute approximate surface area is 119 Å². The van der Waals surface area contributed by atoms with E-state index in [1.165, 1.54) is 5.56 Å². The first kappa shape index (κ1) is 13.5. The van der Waals surface area contributed by atoms with Gasteiger partial charge in [-0.1, -0.05) is 13.0 Å². The molecule has 1 aromatic carbocycles. The molecule has 18 heavy (non-hydrogen) atoms. The molecule has 5 heteroatoms. The summed E-state index contributed by atoms with van der Waals surface area (Å²) in [7, 11) is 0. The van der Waals surface area contributed by atoms with Crippen LogP contribution in [-0.2, 0) is 13.2 Å². The summed E-state index contributed by atoms with van der Waals surface area (Å²) in [4.78, 5) is 4.19. The van der Waals surface area contributed by atoms with Crippen LogP contribution in [-0.4, -0.2) is 11.5 Å². The lowest BCUT2D eigenvalue weighted by molar-refractivity contribution is 0.303. The van der Waals surface area contributed by atoms with E-state index < -0.39 is 0 Å². The number of benzene rings is 1.